The number of rotatable bonds is 2. The van der Waals surface area contributed by atoms with E-state index in [1.165, 1.54) is 17.8 Å². The molecule has 1 amide bonds. The Hall–Kier alpha value is -2.17. The van der Waals surface area contributed by atoms with E-state index in [2.05, 4.69) is 12.0 Å². The molecule has 1 aliphatic rings. The molecule has 0 bridgehead atoms. The van der Waals surface area contributed by atoms with Gasteiger partial charge in [-0.15, -0.1) is 0 Å². The number of fused-ring (bicyclic) bond motifs is 1. The van der Waals surface area contributed by atoms with Gasteiger partial charge in [0.1, 0.15) is 5.82 Å². The molecule has 4 nitrogen and oxygen atoms in total. The summed E-state index contributed by atoms with van der Waals surface area (Å²) in [6.45, 7) is 5.75. The van der Waals surface area contributed by atoms with Crippen LogP contribution in [0, 0.1) is 5.82 Å². The molecule has 0 fully saturated rings. The largest absolute Gasteiger partial charge is 0.338 e. The lowest BCUT2D eigenvalue weighted by Gasteiger charge is -2.26. The molecule has 110 valence electrons. The molecule has 0 saturated carbocycles. The van der Waals surface area contributed by atoms with Gasteiger partial charge in [0.25, 0.3) is 0 Å². The van der Waals surface area contributed by atoms with Gasteiger partial charge in [-0.2, -0.15) is 5.10 Å². The van der Waals surface area contributed by atoms with Crippen LogP contribution in [0.2, 0.25) is 0 Å². The van der Waals surface area contributed by atoms with Crippen LogP contribution in [-0.4, -0.2) is 27.1 Å². The van der Waals surface area contributed by atoms with Gasteiger partial charge in [-0.25, -0.2) is 4.39 Å². The van der Waals surface area contributed by atoms with Gasteiger partial charge in [0, 0.05) is 49.8 Å². The third-order valence-electron chi connectivity index (χ3n) is 4.00. The second kappa shape index (κ2) is 5.31. The van der Waals surface area contributed by atoms with Gasteiger partial charge in [-0.1, -0.05) is 0 Å². The molecule has 0 saturated heterocycles. The van der Waals surface area contributed by atoms with Crippen LogP contribution < -0.4 is 0 Å². The van der Waals surface area contributed by atoms with Crippen LogP contribution in [0.4, 0.5) is 4.39 Å². The van der Waals surface area contributed by atoms with E-state index in [-0.39, 0.29) is 11.7 Å². The molecular weight excluding hydrogens is 269 g/mol. The first-order chi connectivity index (χ1) is 10.1. The van der Waals surface area contributed by atoms with Crippen LogP contribution in [-0.2, 0) is 24.3 Å². The van der Waals surface area contributed by atoms with Crippen LogP contribution in [0.15, 0.2) is 24.3 Å². The van der Waals surface area contributed by atoms with Gasteiger partial charge in [0.15, 0.2) is 0 Å². The highest BCUT2D eigenvalue weighted by atomic mass is 19.1. The molecule has 0 unspecified atom stereocenters. The summed E-state index contributed by atoms with van der Waals surface area (Å²) in [5.74, 6) is -0.178. The Bertz CT molecular complexity index is 676. The highest BCUT2D eigenvalue weighted by Gasteiger charge is 2.26. The fourth-order valence-electron chi connectivity index (χ4n) is 2.86. The van der Waals surface area contributed by atoms with Gasteiger partial charge < -0.3 is 4.90 Å². The fraction of sp³-hybridized carbons (Fsp3) is 0.375. The Labute approximate surface area is 123 Å². The number of carbonyl (C=O) groups excluding carboxylic acids is 1. The summed E-state index contributed by atoms with van der Waals surface area (Å²) in [4.78, 5) is 13.5. The number of hydrogen-bond donors (Lipinski definition) is 0. The Morgan fingerprint density at radius 1 is 1.33 bits per heavy atom. The van der Waals surface area contributed by atoms with Crippen molar-refractivity contribution in [3.05, 3.63) is 41.3 Å². The standard InChI is InChI=1S/C16H18FN3O/c1-3-20-15-8-9-19(11(2)21)10-14(15)16(18-20)12-4-6-13(17)7-5-12/h4-7H,3,8-10H2,1-2H3. The van der Waals surface area contributed by atoms with Crippen molar-refractivity contribution in [2.75, 3.05) is 6.54 Å². The van der Waals surface area contributed by atoms with Gasteiger partial charge in [0.2, 0.25) is 5.91 Å². The quantitative estimate of drug-likeness (QED) is 0.851. The zero-order chi connectivity index (χ0) is 15.0. The lowest BCUT2D eigenvalue weighted by molar-refractivity contribution is -0.129. The highest BCUT2D eigenvalue weighted by molar-refractivity contribution is 5.74. The number of aromatic nitrogens is 2. The van der Waals surface area contributed by atoms with Gasteiger partial charge in [-0.3, -0.25) is 9.48 Å². The maximum absolute atomic E-state index is 13.1. The number of aryl methyl sites for hydroxylation is 1. The minimum atomic E-state index is -0.257. The Morgan fingerprint density at radius 3 is 2.67 bits per heavy atom. The van der Waals surface area contributed by atoms with E-state index >= 15 is 0 Å². The smallest absolute Gasteiger partial charge is 0.219 e. The molecule has 0 N–H and O–H groups in total. The van der Waals surface area contributed by atoms with Crippen molar-refractivity contribution in [2.24, 2.45) is 0 Å². The molecule has 0 spiro atoms. The van der Waals surface area contributed by atoms with Crippen LogP contribution in [0.25, 0.3) is 11.3 Å². The summed E-state index contributed by atoms with van der Waals surface area (Å²) in [6, 6.07) is 6.37. The Balaban J connectivity index is 2.07. The fourth-order valence-corrected chi connectivity index (χ4v) is 2.86. The third-order valence-corrected chi connectivity index (χ3v) is 4.00. The van der Waals surface area contributed by atoms with Gasteiger partial charge >= 0.3 is 0 Å². The van der Waals surface area contributed by atoms with Gasteiger partial charge in [0.05, 0.1) is 5.69 Å². The number of carbonyl (C=O) groups is 1. The highest BCUT2D eigenvalue weighted by Crippen LogP contribution is 2.30. The maximum Gasteiger partial charge on any atom is 0.219 e. The summed E-state index contributed by atoms with van der Waals surface area (Å²) in [7, 11) is 0. The van der Waals surface area contributed by atoms with Crippen molar-refractivity contribution in [2.45, 2.75) is 33.4 Å². The molecule has 1 aromatic heterocycles. The minimum absolute atomic E-state index is 0.0787. The number of benzene rings is 1. The molecule has 0 radical (unpaired) electrons. The Kier molecular flexibility index (Phi) is 3.49. The maximum atomic E-state index is 13.1. The number of amides is 1. The molecule has 1 aromatic carbocycles. The summed E-state index contributed by atoms with van der Waals surface area (Å²) in [5, 5.41) is 4.66. The predicted octanol–water partition coefficient (Wildman–Crippen LogP) is 2.61. The van der Waals surface area contributed by atoms with Crippen molar-refractivity contribution >= 4 is 5.91 Å². The van der Waals surface area contributed by atoms with Crippen LogP contribution in [0.3, 0.4) is 0 Å². The van der Waals surface area contributed by atoms with E-state index in [0.717, 1.165) is 36.3 Å². The lowest BCUT2D eigenvalue weighted by atomic mass is 10.0. The molecule has 2 heterocycles. The van der Waals surface area contributed by atoms with Crippen LogP contribution >= 0.6 is 0 Å². The van der Waals surface area contributed by atoms with Crippen molar-refractivity contribution in [3.8, 4) is 11.3 Å². The lowest BCUT2D eigenvalue weighted by Crippen LogP contribution is -2.34. The molecular formula is C16H18FN3O. The van der Waals surface area contributed by atoms with E-state index in [1.54, 1.807) is 19.1 Å². The second-order valence-electron chi connectivity index (χ2n) is 5.29. The van der Waals surface area contributed by atoms with Crippen LogP contribution in [0.5, 0.6) is 0 Å². The van der Waals surface area contributed by atoms with E-state index in [9.17, 15) is 9.18 Å². The van der Waals surface area contributed by atoms with Crippen molar-refractivity contribution < 1.29 is 9.18 Å². The summed E-state index contributed by atoms with van der Waals surface area (Å²) in [6.07, 6.45) is 0.816. The van der Waals surface area contributed by atoms with E-state index in [4.69, 9.17) is 0 Å². The first-order valence-electron chi connectivity index (χ1n) is 7.20. The summed E-state index contributed by atoms with van der Waals surface area (Å²) in [5.41, 5.74) is 4.03. The molecule has 3 rings (SSSR count). The average Bonchev–Trinajstić information content (AvgIpc) is 2.86. The van der Waals surface area contributed by atoms with Crippen molar-refractivity contribution in [1.29, 1.82) is 0 Å². The van der Waals surface area contributed by atoms with Crippen LogP contribution in [0.1, 0.15) is 25.1 Å². The predicted molar refractivity (Wildman–Crippen MR) is 78.1 cm³/mol. The topological polar surface area (TPSA) is 38.1 Å². The summed E-state index contributed by atoms with van der Waals surface area (Å²) >= 11 is 0. The first kappa shape index (κ1) is 13.8. The normalized spacial score (nSPS) is 14.1. The number of hydrogen-bond acceptors (Lipinski definition) is 2. The monoisotopic (exact) mass is 287 g/mol. The zero-order valence-corrected chi connectivity index (χ0v) is 12.3. The van der Waals surface area contributed by atoms with E-state index in [1.807, 2.05) is 9.58 Å². The van der Waals surface area contributed by atoms with Crippen molar-refractivity contribution in [3.63, 3.8) is 0 Å². The molecule has 1 aliphatic heterocycles. The van der Waals surface area contributed by atoms with Crippen molar-refractivity contribution in [1.82, 2.24) is 14.7 Å². The molecule has 2 aromatic rings. The van der Waals surface area contributed by atoms with Gasteiger partial charge in [-0.05, 0) is 31.2 Å². The molecule has 21 heavy (non-hydrogen) atoms. The van der Waals surface area contributed by atoms with E-state index < -0.39 is 0 Å². The summed E-state index contributed by atoms with van der Waals surface area (Å²) < 4.78 is 15.1. The minimum Gasteiger partial charge on any atom is -0.338 e. The Morgan fingerprint density at radius 2 is 2.05 bits per heavy atom. The number of nitrogens with zero attached hydrogens (tertiary/aromatic N) is 3. The SMILES string of the molecule is CCn1nc(-c2ccc(F)cc2)c2c1CCN(C(C)=O)C2. The van der Waals surface area contributed by atoms with E-state index in [0.29, 0.717) is 6.54 Å². The molecule has 5 heteroatoms. The second-order valence-corrected chi connectivity index (χ2v) is 5.29. The third kappa shape index (κ3) is 2.44. The molecule has 0 atom stereocenters. The number of halogens is 1. The first-order valence-corrected chi connectivity index (χ1v) is 7.20. The average molecular weight is 287 g/mol. The zero-order valence-electron chi connectivity index (χ0n) is 12.3. The molecule has 0 aliphatic carbocycles.